The van der Waals surface area contributed by atoms with Crippen molar-refractivity contribution in [3.8, 4) is 0 Å². The van der Waals surface area contributed by atoms with Gasteiger partial charge in [0.05, 0.1) is 5.75 Å². The second-order valence-corrected chi connectivity index (χ2v) is 6.44. The number of anilines is 1. The van der Waals surface area contributed by atoms with Gasteiger partial charge in [0, 0.05) is 23.7 Å². The minimum atomic E-state index is 0.248. The molecule has 0 bridgehead atoms. The highest BCUT2D eigenvalue weighted by molar-refractivity contribution is 8.00. The predicted octanol–water partition coefficient (Wildman–Crippen LogP) is 3.46. The number of hydrogen-bond acceptors (Lipinski definition) is 3. The number of para-hydroxylation sites is 1. The molecule has 0 spiro atoms. The van der Waals surface area contributed by atoms with E-state index in [1.807, 2.05) is 30.0 Å². The van der Waals surface area contributed by atoms with E-state index in [1.54, 1.807) is 11.8 Å². The van der Waals surface area contributed by atoms with Crippen LogP contribution in [0.4, 0.5) is 5.69 Å². The molecule has 3 nitrogen and oxygen atoms in total. The van der Waals surface area contributed by atoms with Crippen molar-refractivity contribution in [1.82, 2.24) is 4.90 Å². The second-order valence-electron chi connectivity index (χ2n) is 5.42. The third-order valence-corrected chi connectivity index (χ3v) is 4.90. The molecule has 2 rings (SSSR count). The van der Waals surface area contributed by atoms with Gasteiger partial charge in [-0.2, -0.15) is 0 Å². The third-order valence-electron chi connectivity index (χ3n) is 3.84. The number of carbonyl (C=O) groups excluding carboxylic acids is 1. The lowest BCUT2D eigenvalue weighted by Gasteiger charge is -2.24. The summed E-state index contributed by atoms with van der Waals surface area (Å²) in [4.78, 5) is 15.3. The van der Waals surface area contributed by atoms with Crippen molar-refractivity contribution < 1.29 is 4.79 Å². The number of likely N-dealkylation sites (tertiary alicyclic amines) is 1. The number of benzene rings is 1. The molecule has 1 aliphatic rings. The van der Waals surface area contributed by atoms with Crippen LogP contribution in [0.3, 0.4) is 0 Å². The van der Waals surface area contributed by atoms with E-state index in [1.165, 1.54) is 19.3 Å². The van der Waals surface area contributed by atoms with Crippen molar-refractivity contribution in [2.75, 3.05) is 24.6 Å². The first-order valence-electron chi connectivity index (χ1n) is 7.44. The van der Waals surface area contributed by atoms with Crippen LogP contribution in [0.2, 0.25) is 0 Å². The minimum absolute atomic E-state index is 0.248. The van der Waals surface area contributed by atoms with Crippen molar-refractivity contribution in [2.45, 2.75) is 43.9 Å². The van der Waals surface area contributed by atoms with E-state index in [-0.39, 0.29) is 5.91 Å². The lowest BCUT2D eigenvalue weighted by Crippen LogP contribution is -2.35. The molecule has 1 aromatic rings. The molecule has 20 heavy (non-hydrogen) atoms. The number of thioether (sulfide) groups is 1. The Morgan fingerprint density at radius 3 is 2.55 bits per heavy atom. The van der Waals surface area contributed by atoms with Gasteiger partial charge in [0.1, 0.15) is 0 Å². The fourth-order valence-corrected chi connectivity index (χ4v) is 3.46. The summed E-state index contributed by atoms with van der Waals surface area (Å²) in [6.45, 7) is 3.84. The average Bonchev–Trinajstić information content (AvgIpc) is 2.40. The van der Waals surface area contributed by atoms with E-state index < -0.39 is 0 Å². The van der Waals surface area contributed by atoms with Gasteiger partial charge in [-0.25, -0.2) is 0 Å². The molecule has 0 aliphatic carbocycles. The number of nitrogens with zero attached hydrogens (tertiary/aromatic N) is 1. The maximum atomic E-state index is 12.3. The van der Waals surface area contributed by atoms with Crippen molar-refractivity contribution >= 4 is 23.4 Å². The lowest BCUT2D eigenvalue weighted by atomic mass is 10.1. The number of nitrogen functional groups attached to an aromatic ring is 1. The minimum Gasteiger partial charge on any atom is -0.398 e. The summed E-state index contributed by atoms with van der Waals surface area (Å²) in [7, 11) is 0. The molecule has 0 aromatic heterocycles. The zero-order chi connectivity index (χ0) is 14.4. The fourth-order valence-electron chi connectivity index (χ4n) is 2.51. The Morgan fingerprint density at radius 2 is 1.85 bits per heavy atom. The highest BCUT2D eigenvalue weighted by Crippen LogP contribution is 2.27. The monoisotopic (exact) mass is 292 g/mol. The SMILES string of the molecule is Cc1cccc(SCC(=O)N2CCCCCCC2)c1N. The van der Waals surface area contributed by atoms with Crippen LogP contribution in [0.5, 0.6) is 0 Å². The Balaban J connectivity index is 1.89. The van der Waals surface area contributed by atoms with Gasteiger partial charge in [-0.15, -0.1) is 11.8 Å². The van der Waals surface area contributed by atoms with Gasteiger partial charge < -0.3 is 10.6 Å². The molecule has 1 saturated heterocycles. The van der Waals surface area contributed by atoms with E-state index >= 15 is 0 Å². The normalized spacial score (nSPS) is 16.6. The summed E-state index contributed by atoms with van der Waals surface area (Å²) in [6, 6.07) is 5.99. The molecule has 0 saturated carbocycles. The van der Waals surface area contributed by atoms with Crippen LogP contribution >= 0.6 is 11.8 Å². The van der Waals surface area contributed by atoms with Crippen molar-refractivity contribution in [2.24, 2.45) is 0 Å². The van der Waals surface area contributed by atoms with Gasteiger partial charge >= 0.3 is 0 Å². The molecule has 1 heterocycles. The van der Waals surface area contributed by atoms with Crippen LogP contribution < -0.4 is 5.73 Å². The number of nitrogens with two attached hydrogens (primary N) is 1. The first-order valence-corrected chi connectivity index (χ1v) is 8.42. The van der Waals surface area contributed by atoms with E-state index in [0.717, 1.165) is 42.1 Å². The lowest BCUT2D eigenvalue weighted by molar-refractivity contribution is -0.128. The topological polar surface area (TPSA) is 46.3 Å². The molecule has 0 radical (unpaired) electrons. The standard InChI is InChI=1S/C16H24N2OS/c1-13-8-7-9-14(16(13)17)20-12-15(19)18-10-5-3-2-4-6-11-18/h7-9H,2-6,10-12,17H2,1H3. The number of aryl methyl sites for hydroxylation is 1. The number of rotatable bonds is 3. The molecule has 4 heteroatoms. The Bertz CT molecular complexity index is 454. The average molecular weight is 292 g/mol. The predicted molar refractivity (Wildman–Crippen MR) is 86.0 cm³/mol. The summed E-state index contributed by atoms with van der Waals surface area (Å²) in [5.74, 6) is 0.742. The van der Waals surface area contributed by atoms with Gasteiger partial charge in [0.25, 0.3) is 0 Å². The van der Waals surface area contributed by atoms with E-state index in [4.69, 9.17) is 5.73 Å². The van der Waals surface area contributed by atoms with Crippen LogP contribution in [0.15, 0.2) is 23.1 Å². The van der Waals surface area contributed by atoms with Crippen LogP contribution in [0, 0.1) is 6.92 Å². The molecule has 0 atom stereocenters. The maximum Gasteiger partial charge on any atom is 0.232 e. The summed E-state index contributed by atoms with van der Waals surface area (Å²) >= 11 is 1.56. The molecular formula is C16H24N2OS. The van der Waals surface area contributed by atoms with Crippen molar-refractivity contribution in [3.05, 3.63) is 23.8 Å². The summed E-state index contributed by atoms with van der Waals surface area (Å²) in [6.07, 6.45) is 6.10. The molecular weight excluding hydrogens is 268 g/mol. The molecule has 110 valence electrons. The van der Waals surface area contributed by atoms with Gasteiger partial charge in [0.15, 0.2) is 0 Å². The first-order chi connectivity index (χ1) is 9.68. The third kappa shape index (κ3) is 4.17. The fraction of sp³-hybridized carbons (Fsp3) is 0.562. The van der Waals surface area contributed by atoms with Gasteiger partial charge in [-0.05, 0) is 31.4 Å². The highest BCUT2D eigenvalue weighted by atomic mass is 32.2. The molecule has 1 amide bonds. The summed E-state index contributed by atoms with van der Waals surface area (Å²) < 4.78 is 0. The summed E-state index contributed by atoms with van der Waals surface area (Å²) in [5, 5.41) is 0. The van der Waals surface area contributed by atoms with Gasteiger partial charge in [0.2, 0.25) is 5.91 Å². The smallest absolute Gasteiger partial charge is 0.232 e. The highest BCUT2D eigenvalue weighted by Gasteiger charge is 2.15. The van der Waals surface area contributed by atoms with E-state index in [2.05, 4.69) is 0 Å². The zero-order valence-corrected chi connectivity index (χ0v) is 13.0. The van der Waals surface area contributed by atoms with Gasteiger partial charge in [-0.1, -0.05) is 31.4 Å². The van der Waals surface area contributed by atoms with Crippen molar-refractivity contribution in [1.29, 1.82) is 0 Å². The quantitative estimate of drug-likeness (QED) is 0.685. The molecule has 1 aliphatic heterocycles. The zero-order valence-electron chi connectivity index (χ0n) is 12.2. The van der Waals surface area contributed by atoms with Crippen LogP contribution in [0.25, 0.3) is 0 Å². The Morgan fingerprint density at radius 1 is 1.20 bits per heavy atom. The number of amides is 1. The van der Waals surface area contributed by atoms with Crippen molar-refractivity contribution in [3.63, 3.8) is 0 Å². The Hall–Kier alpha value is -1.16. The van der Waals surface area contributed by atoms with Gasteiger partial charge in [-0.3, -0.25) is 4.79 Å². The number of carbonyl (C=O) groups is 1. The van der Waals surface area contributed by atoms with E-state index in [9.17, 15) is 4.79 Å². The summed E-state index contributed by atoms with van der Waals surface area (Å²) in [5.41, 5.74) is 7.93. The first kappa shape index (κ1) is 15.2. The maximum absolute atomic E-state index is 12.3. The largest absolute Gasteiger partial charge is 0.398 e. The molecule has 1 aromatic carbocycles. The molecule has 0 unspecified atom stereocenters. The van der Waals surface area contributed by atoms with Crippen LogP contribution in [-0.4, -0.2) is 29.6 Å². The van der Waals surface area contributed by atoms with Crippen LogP contribution in [-0.2, 0) is 4.79 Å². The second kappa shape index (κ2) is 7.58. The molecule has 2 N–H and O–H groups in total. The Labute approximate surface area is 125 Å². The number of hydrogen-bond donors (Lipinski definition) is 1. The van der Waals surface area contributed by atoms with E-state index in [0.29, 0.717) is 5.75 Å². The Kier molecular flexibility index (Phi) is 5.77. The van der Waals surface area contributed by atoms with Crippen LogP contribution in [0.1, 0.15) is 37.7 Å². The molecule has 1 fully saturated rings.